The Morgan fingerprint density at radius 3 is 2.63 bits per heavy atom. The summed E-state index contributed by atoms with van der Waals surface area (Å²) < 4.78 is 0.00813. The summed E-state index contributed by atoms with van der Waals surface area (Å²) in [5.74, 6) is -0.279. The van der Waals surface area contributed by atoms with E-state index in [1.165, 1.54) is 0 Å². The zero-order valence-electron chi connectivity index (χ0n) is 11.8. The first-order chi connectivity index (χ1) is 8.84. The number of aliphatic hydroxyl groups excluding tert-OH is 1. The van der Waals surface area contributed by atoms with Crippen molar-refractivity contribution in [1.82, 2.24) is 5.32 Å². The lowest BCUT2D eigenvalue weighted by Gasteiger charge is -2.29. The largest absolute Gasteiger partial charge is 0.480 e. The average molecular weight is 290 g/mol. The highest BCUT2D eigenvalue weighted by molar-refractivity contribution is 8.00. The molecule has 0 spiro atoms. The van der Waals surface area contributed by atoms with E-state index in [1.807, 2.05) is 0 Å². The van der Waals surface area contributed by atoms with Gasteiger partial charge in [0.1, 0.15) is 6.54 Å². The lowest BCUT2D eigenvalue weighted by molar-refractivity contribution is -0.135. The molecule has 6 heteroatoms. The van der Waals surface area contributed by atoms with E-state index in [2.05, 4.69) is 25.7 Å². The lowest BCUT2D eigenvalue weighted by Crippen LogP contribution is -2.36. The molecule has 5 N–H and O–H groups in total. The molecule has 2 atom stereocenters. The summed E-state index contributed by atoms with van der Waals surface area (Å²) in [6, 6.07) is -0.292. The molecular weight excluding hydrogens is 264 g/mol. The number of rotatable bonds is 11. The fourth-order valence-corrected chi connectivity index (χ4v) is 3.11. The van der Waals surface area contributed by atoms with Crippen molar-refractivity contribution in [1.29, 1.82) is 0 Å². The first-order valence-electron chi connectivity index (χ1n) is 6.49. The Hall–Kier alpha value is -0.720. The molecular formula is C13H26N2O3S. The smallest absolute Gasteiger partial charge is 0.322 e. The van der Waals surface area contributed by atoms with Gasteiger partial charge in [0.25, 0.3) is 0 Å². The molecule has 0 heterocycles. The van der Waals surface area contributed by atoms with Gasteiger partial charge >= 0.3 is 5.97 Å². The minimum absolute atomic E-state index is 0.00813. The molecule has 0 aliphatic carbocycles. The van der Waals surface area contributed by atoms with E-state index in [4.69, 9.17) is 15.9 Å². The van der Waals surface area contributed by atoms with Gasteiger partial charge in [-0.25, -0.2) is 0 Å². The molecule has 0 aliphatic heterocycles. The van der Waals surface area contributed by atoms with Crippen LogP contribution in [0.5, 0.6) is 0 Å². The second-order valence-corrected chi connectivity index (χ2v) is 6.47. The van der Waals surface area contributed by atoms with Gasteiger partial charge in [0.2, 0.25) is 0 Å². The van der Waals surface area contributed by atoms with E-state index < -0.39 is 5.97 Å². The Balaban J connectivity index is 4.20. The minimum Gasteiger partial charge on any atom is -0.480 e. The van der Waals surface area contributed by atoms with Crippen LogP contribution in [0.3, 0.4) is 0 Å². The summed E-state index contributed by atoms with van der Waals surface area (Å²) in [5.41, 5.74) is 6.50. The van der Waals surface area contributed by atoms with Crippen LogP contribution >= 0.6 is 11.8 Å². The van der Waals surface area contributed by atoms with Gasteiger partial charge in [-0.3, -0.25) is 4.79 Å². The Bertz CT molecular complexity index is 292. The quantitative estimate of drug-likeness (QED) is 0.456. The number of nitrogens with one attached hydrogen (secondary N) is 1. The maximum Gasteiger partial charge on any atom is 0.322 e. The molecule has 19 heavy (non-hydrogen) atoms. The SMILES string of the molecule is C=C(NCC(=O)O)C(N)CSC(C)(CCC)CCO. The van der Waals surface area contributed by atoms with Crippen molar-refractivity contribution in [3.8, 4) is 0 Å². The van der Waals surface area contributed by atoms with Crippen molar-refractivity contribution in [3.63, 3.8) is 0 Å². The predicted octanol–water partition coefficient (Wildman–Crippen LogP) is 1.18. The second kappa shape index (κ2) is 9.23. The Kier molecular flexibility index (Phi) is 8.88. The van der Waals surface area contributed by atoms with E-state index >= 15 is 0 Å². The van der Waals surface area contributed by atoms with E-state index in [0.717, 1.165) is 19.3 Å². The average Bonchev–Trinajstić information content (AvgIpc) is 2.33. The van der Waals surface area contributed by atoms with Crippen LogP contribution < -0.4 is 11.1 Å². The van der Waals surface area contributed by atoms with Crippen LogP contribution in [-0.2, 0) is 4.79 Å². The third kappa shape index (κ3) is 8.13. The zero-order chi connectivity index (χ0) is 14.9. The van der Waals surface area contributed by atoms with Crippen molar-refractivity contribution in [2.45, 2.75) is 43.9 Å². The first kappa shape index (κ1) is 18.3. The Labute approximate surface area is 119 Å². The summed E-state index contributed by atoms with van der Waals surface area (Å²) >= 11 is 1.71. The fraction of sp³-hybridized carbons (Fsp3) is 0.769. The molecule has 0 fully saturated rings. The number of carboxylic acid groups (broad SMARTS) is 1. The molecule has 0 amide bonds. The van der Waals surface area contributed by atoms with Crippen molar-refractivity contribution >= 4 is 17.7 Å². The Morgan fingerprint density at radius 1 is 1.53 bits per heavy atom. The second-order valence-electron chi connectivity index (χ2n) is 4.86. The fourth-order valence-electron chi connectivity index (χ4n) is 1.75. The third-order valence-corrected chi connectivity index (χ3v) is 4.58. The van der Waals surface area contributed by atoms with Crippen LogP contribution in [0.1, 0.15) is 33.1 Å². The molecule has 0 aromatic carbocycles. The summed E-state index contributed by atoms with van der Waals surface area (Å²) in [5, 5.41) is 20.4. The summed E-state index contributed by atoms with van der Waals surface area (Å²) in [6.07, 6.45) is 2.80. The summed E-state index contributed by atoms with van der Waals surface area (Å²) in [7, 11) is 0. The monoisotopic (exact) mass is 290 g/mol. The van der Waals surface area contributed by atoms with Crippen LogP contribution in [0.4, 0.5) is 0 Å². The van der Waals surface area contributed by atoms with Crippen LogP contribution in [0.25, 0.3) is 0 Å². The highest BCUT2D eigenvalue weighted by Crippen LogP contribution is 2.33. The third-order valence-electron chi connectivity index (χ3n) is 2.95. The number of nitrogens with two attached hydrogens (primary N) is 1. The van der Waals surface area contributed by atoms with Gasteiger partial charge in [-0.2, -0.15) is 11.8 Å². The van der Waals surface area contributed by atoms with Crippen molar-refractivity contribution in [2.24, 2.45) is 5.73 Å². The molecule has 2 unspecified atom stereocenters. The van der Waals surface area contributed by atoms with Gasteiger partial charge in [0.05, 0.1) is 6.04 Å². The lowest BCUT2D eigenvalue weighted by atomic mass is 10.0. The molecule has 0 bridgehead atoms. The van der Waals surface area contributed by atoms with E-state index in [1.54, 1.807) is 11.8 Å². The predicted molar refractivity (Wildman–Crippen MR) is 80.2 cm³/mol. The molecule has 112 valence electrons. The van der Waals surface area contributed by atoms with Crippen molar-refractivity contribution < 1.29 is 15.0 Å². The summed E-state index contributed by atoms with van der Waals surface area (Å²) in [4.78, 5) is 10.4. The molecule has 5 nitrogen and oxygen atoms in total. The highest BCUT2D eigenvalue weighted by Gasteiger charge is 2.24. The number of aliphatic hydroxyl groups is 1. The van der Waals surface area contributed by atoms with Gasteiger partial charge in [0.15, 0.2) is 0 Å². The maximum atomic E-state index is 10.4. The normalized spacial score (nSPS) is 15.6. The Morgan fingerprint density at radius 2 is 2.16 bits per heavy atom. The van der Waals surface area contributed by atoms with E-state index in [0.29, 0.717) is 11.4 Å². The number of hydrogen-bond acceptors (Lipinski definition) is 5. The molecule has 0 aliphatic rings. The summed E-state index contributed by atoms with van der Waals surface area (Å²) in [6.45, 7) is 7.99. The van der Waals surface area contributed by atoms with Gasteiger partial charge < -0.3 is 21.3 Å². The molecule has 0 rings (SSSR count). The van der Waals surface area contributed by atoms with Gasteiger partial charge in [-0.15, -0.1) is 0 Å². The minimum atomic E-state index is -0.933. The molecule has 0 saturated carbocycles. The van der Waals surface area contributed by atoms with Gasteiger partial charge in [-0.05, 0) is 12.8 Å². The maximum absolute atomic E-state index is 10.4. The first-order valence-corrected chi connectivity index (χ1v) is 7.48. The van der Waals surface area contributed by atoms with Crippen LogP contribution in [0.15, 0.2) is 12.3 Å². The molecule has 0 saturated heterocycles. The standard InChI is InChI=1S/C13H26N2O3S/c1-4-5-13(3,6-7-16)19-9-11(14)10(2)15-8-12(17)18/h11,15-16H,2,4-9,14H2,1,3H3,(H,17,18). The van der Waals surface area contributed by atoms with Crippen molar-refractivity contribution in [3.05, 3.63) is 12.3 Å². The molecule has 0 aromatic heterocycles. The van der Waals surface area contributed by atoms with E-state index in [9.17, 15) is 4.79 Å². The number of thioether (sulfide) groups is 1. The highest BCUT2D eigenvalue weighted by atomic mass is 32.2. The zero-order valence-corrected chi connectivity index (χ0v) is 12.6. The van der Waals surface area contributed by atoms with Crippen LogP contribution in [-0.4, -0.2) is 45.9 Å². The topological polar surface area (TPSA) is 95.6 Å². The van der Waals surface area contributed by atoms with Crippen molar-refractivity contribution in [2.75, 3.05) is 18.9 Å². The van der Waals surface area contributed by atoms with Gasteiger partial charge in [0, 0.05) is 22.8 Å². The van der Waals surface area contributed by atoms with E-state index in [-0.39, 0.29) is 23.9 Å². The van der Waals surface area contributed by atoms with Gasteiger partial charge in [-0.1, -0.05) is 26.8 Å². The number of aliphatic carboxylic acids is 1. The van der Waals surface area contributed by atoms with Crippen LogP contribution in [0, 0.1) is 0 Å². The van der Waals surface area contributed by atoms with Crippen LogP contribution in [0.2, 0.25) is 0 Å². The number of hydrogen-bond donors (Lipinski definition) is 4. The number of carbonyl (C=O) groups is 1. The molecule has 0 radical (unpaired) electrons. The number of carboxylic acids is 1. The molecule has 0 aromatic rings.